The van der Waals surface area contributed by atoms with Gasteiger partial charge in [0.15, 0.2) is 0 Å². The summed E-state index contributed by atoms with van der Waals surface area (Å²) in [6.07, 6.45) is 12.0. The molecule has 0 saturated heterocycles. The Bertz CT molecular complexity index is 1330. The smallest absolute Gasteiger partial charge is 0.121 e. The minimum absolute atomic E-state index is 0.363. The van der Waals surface area contributed by atoms with Gasteiger partial charge in [-0.1, -0.05) is 12.2 Å². The lowest BCUT2D eigenvalue weighted by Gasteiger charge is -2.32. The van der Waals surface area contributed by atoms with E-state index in [2.05, 4.69) is 51.4 Å². The first-order valence-electron chi connectivity index (χ1n) is 13.3. The topological polar surface area (TPSA) is 59.6 Å². The van der Waals surface area contributed by atoms with E-state index in [4.69, 9.17) is 14.2 Å². The maximum Gasteiger partial charge on any atom is 0.121 e. The molecule has 0 aliphatic carbocycles. The molecule has 37 heavy (non-hydrogen) atoms. The van der Waals surface area contributed by atoms with Crippen molar-refractivity contribution in [2.24, 2.45) is 0 Å². The van der Waals surface area contributed by atoms with E-state index in [1.54, 1.807) is 18.4 Å². The number of methoxy groups -OCH3 is 1. The number of unbranched alkanes of at least 4 members (excludes halogenated alkanes) is 1. The number of nitrogens with one attached hydrogen (secondary N) is 1. The Labute approximate surface area is 223 Å². The predicted octanol–water partition coefficient (Wildman–Crippen LogP) is 7.05. The maximum absolute atomic E-state index is 6.00. The van der Waals surface area contributed by atoms with Crippen LogP contribution in [0.4, 0.5) is 0 Å². The molecule has 7 heteroatoms. The number of nitrogens with zero attached hydrogens (tertiary/aromatic N) is 2. The zero-order chi connectivity index (χ0) is 25.5. The summed E-state index contributed by atoms with van der Waals surface area (Å²) in [6.45, 7) is 6.38. The van der Waals surface area contributed by atoms with Crippen LogP contribution < -0.4 is 9.47 Å². The maximum atomic E-state index is 6.00. The lowest BCUT2D eigenvalue weighted by molar-refractivity contribution is 0.112. The van der Waals surface area contributed by atoms with Crippen molar-refractivity contribution in [3.8, 4) is 11.5 Å². The number of benzene rings is 2. The number of fused-ring (bicyclic) bond motifs is 2. The highest BCUT2D eigenvalue weighted by Crippen LogP contribution is 2.34. The second kappa shape index (κ2) is 12.6. The number of ether oxygens (including phenoxy) is 3. The van der Waals surface area contributed by atoms with Crippen molar-refractivity contribution in [2.75, 3.05) is 40.0 Å². The summed E-state index contributed by atoms with van der Waals surface area (Å²) in [6, 6.07) is 12.8. The molecule has 0 amide bonds. The van der Waals surface area contributed by atoms with Crippen LogP contribution in [0.2, 0.25) is 0 Å². The van der Waals surface area contributed by atoms with Crippen LogP contribution in [-0.4, -0.2) is 54.9 Å². The van der Waals surface area contributed by atoms with Gasteiger partial charge in [-0.05, 0) is 74.9 Å². The lowest BCUT2D eigenvalue weighted by atomic mass is 9.98. The number of H-pyrrole nitrogens is 1. The Kier molecular flexibility index (Phi) is 8.76. The first-order chi connectivity index (χ1) is 18.2. The third-order valence-electron chi connectivity index (χ3n) is 6.99. The summed E-state index contributed by atoms with van der Waals surface area (Å²) in [4.78, 5) is 10.6. The monoisotopic (exact) mass is 519 g/mol. The molecule has 2 aromatic carbocycles. The zero-order valence-corrected chi connectivity index (χ0v) is 22.7. The molecule has 1 N–H and O–H groups in total. The van der Waals surface area contributed by atoms with Crippen molar-refractivity contribution < 1.29 is 14.2 Å². The van der Waals surface area contributed by atoms with Crippen LogP contribution in [0.5, 0.6) is 11.5 Å². The van der Waals surface area contributed by atoms with Gasteiger partial charge in [-0.2, -0.15) is 0 Å². The van der Waals surface area contributed by atoms with Gasteiger partial charge in [-0.15, -0.1) is 11.3 Å². The molecule has 5 rings (SSSR count). The average molecular weight is 520 g/mol. The Morgan fingerprint density at radius 3 is 2.76 bits per heavy atom. The SMILES string of the molecule is COc1ccc2[nH]cc(C(CCCOCCCCOc3ccc4sc(C)nc4c3)N3CC=CCC3)c2c1. The number of thiazole rings is 1. The summed E-state index contributed by atoms with van der Waals surface area (Å²) < 4.78 is 18.6. The average Bonchev–Trinajstić information content (AvgIpc) is 3.52. The third-order valence-corrected chi connectivity index (χ3v) is 7.95. The van der Waals surface area contributed by atoms with E-state index >= 15 is 0 Å². The van der Waals surface area contributed by atoms with Gasteiger partial charge in [-0.25, -0.2) is 4.98 Å². The molecule has 0 radical (unpaired) electrons. The molecule has 2 aromatic heterocycles. The standard InChI is InChI=1S/C30H37N3O3S/c1-22-32-28-20-24(11-13-30(28)37-22)36-18-7-6-16-35-17-8-9-29(33-14-4-3-5-15-33)26-21-31-27-12-10-23(34-2)19-25(26)27/h3-4,10-13,19-21,29,31H,5-9,14-18H2,1-2H3. The molecule has 0 fully saturated rings. The Hall–Kier alpha value is -2.87. The number of aryl methyl sites for hydroxylation is 1. The lowest BCUT2D eigenvalue weighted by Crippen LogP contribution is -2.32. The van der Waals surface area contributed by atoms with Gasteiger partial charge in [0.2, 0.25) is 0 Å². The van der Waals surface area contributed by atoms with Gasteiger partial charge in [0.25, 0.3) is 0 Å². The van der Waals surface area contributed by atoms with Crippen LogP contribution in [-0.2, 0) is 4.74 Å². The van der Waals surface area contributed by atoms with E-state index in [9.17, 15) is 0 Å². The van der Waals surface area contributed by atoms with Crippen LogP contribution >= 0.6 is 11.3 Å². The van der Waals surface area contributed by atoms with Crippen molar-refractivity contribution >= 4 is 32.5 Å². The normalized spacial score (nSPS) is 15.0. The fraction of sp³-hybridized carbons (Fsp3) is 0.433. The van der Waals surface area contributed by atoms with Gasteiger partial charge in [0.05, 0.1) is 28.9 Å². The predicted molar refractivity (Wildman–Crippen MR) is 152 cm³/mol. The van der Waals surface area contributed by atoms with E-state index in [-0.39, 0.29) is 0 Å². The largest absolute Gasteiger partial charge is 0.497 e. The molecular formula is C30H37N3O3S. The molecular weight excluding hydrogens is 482 g/mol. The van der Waals surface area contributed by atoms with Crippen LogP contribution in [0.25, 0.3) is 21.1 Å². The van der Waals surface area contributed by atoms with E-state index in [1.165, 1.54) is 15.6 Å². The first kappa shape index (κ1) is 25.8. The van der Waals surface area contributed by atoms with Gasteiger partial charge in [0.1, 0.15) is 11.5 Å². The first-order valence-corrected chi connectivity index (χ1v) is 14.1. The zero-order valence-electron chi connectivity index (χ0n) is 21.9. The molecule has 1 unspecified atom stereocenters. The number of rotatable bonds is 13. The summed E-state index contributed by atoms with van der Waals surface area (Å²) >= 11 is 1.72. The second-order valence-corrected chi connectivity index (χ2v) is 10.8. The third kappa shape index (κ3) is 6.53. The van der Waals surface area contributed by atoms with Gasteiger partial charge in [-0.3, -0.25) is 4.90 Å². The van der Waals surface area contributed by atoms with Crippen LogP contribution in [0.15, 0.2) is 54.7 Å². The molecule has 6 nitrogen and oxygen atoms in total. The summed E-state index contributed by atoms with van der Waals surface area (Å²) in [5.74, 6) is 1.80. The van der Waals surface area contributed by atoms with Crippen molar-refractivity contribution in [3.05, 3.63) is 65.3 Å². The minimum atomic E-state index is 0.363. The number of aromatic amines is 1. The molecule has 196 valence electrons. The molecule has 0 spiro atoms. The minimum Gasteiger partial charge on any atom is -0.497 e. The Balaban J connectivity index is 1.06. The fourth-order valence-electron chi connectivity index (χ4n) is 5.09. The van der Waals surface area contributed by atoms with Gasteiger partial charge in [0, 0.05) is 55.5 Å². The molecule has 1 aliphatic heterocycles. The van der Waals surface area contributed by atoms with Crippen molar-refractivity contribution in [1.29, 1.82) is 0 Å². The van der Waals surface area contributed by atoms with Crippen molar-refractivity contribution in [2.45, 2.75) is 45.1 Å². The highest BCUT2D eigenvalue weighted by molar-refractivity contribution is 7.18. The molecule has 0 bridgehead atoms. The van der Waals surface area contributed by atoms with E-state index < -0.39 is 0 Å². The van der Waals surface area contributed by atoms with E-state index in [1.807, 2.05) is 25.1 Å². The fourth-order valence-corrected chi connectivity index (χ4v) is 5.90. The molecule has 3 heterocycles. The van der Waals surface area contributed by atoms with Crippen LogP contribution in [0.1, 0.15) is 48.7 Å². The highest BCUT2D eigenvalue weighted by atomic mass is 32.1. The van der Waals surface area contributed by atoms with E-state index in [0.29, 0.717) is 12.6 Å². The van der Waals surface area contributed by atoms with Crippen molar-refractivity contribution in [1.82, 2.24) is 14.9 Å². The van der Waals surface area contributed by atoms with Gasteiger partial charge < -0.3 is 19.2 Å². The van der Waals surface area contributed by atoms with E-state index in [0.717, 1.165) is 85.9 Å². The summed E-state index contributed by atoms with van der Waals surface area (Å²) in [5, 5.41) is 2.34. The number of aromatic nitrogens is 2. The summed E-state index contributed by atoms with van der Waals surface area (Å²) in [7, 11) is 1.73. The van der Waals surface area contributed by atoms with Crippen LogP contribution in [0.3, 0.4) is 0 Å². The van der Waals surface area contributed by atoms with Crippen molar-refractivity contribution in [3.63, 3.8) is 0 Å². The Morgan fingerprint density at radius 1 is 1.03 bits per heavy atom. The second-order valence-electron chi connectivity index (χ2n) is 9.60. The molecule has 1 atom stereocenters. The van der Waals surface area contributed by atoms with Gasteiger partial charge >= 0.3 is 0 Å². The highest BCUT2D eigenvalue weighted by Gasteiger charge is 2.23. The molecule has 1 aliphatic rings. The Morgan fingerprint density at radius 2 is 1.89 bits per heavy atom. The number of hydrogen-bond acceptors (Lipinski definition) is 6. The quantitative estimate of drug-likeness (QED) is 0.151. The molecule has 0 saturated carbocycles. The summed E-state index contributed by atoms with van der Waals surface area (Å²) in [5.41, 5.74) is 3.54. The van der Waals surface area contributed by atoms with Crippen LogP contribution in [0, 0.1) is 6.92 Å². The number of hydrogen-bond donors (Lipinski definition) is 1. The molecule has 4 aromatic rings.